The Morgan fingerprint density at radius 3 is 2.78 bits per heavy atom. The number of hydrogen-bond acceptors (Lipinski definition) is 2. The minimum Gasteiger partial charge on any atom is -0.431 e. The molecule has 1 rings (SSSR count). The summed E-state index contributed by atoms with van der Waals surface area (Å²) < 4.78 is 4.86. The zero-order chi connectivity index (χ0) is 6.69. The molecule has 50 valence electrons. The number of ether oxygens (including phenoxy) is 1. The Balaban J connectivity index is 2.51. The highest BCUT2D eigenvalue weighted by atomic mass is 16.5. The Hall–Kier alpha value is -0.790. The molecule has 0 unspecified atom stereocenters. The van der Waals surface area contributed by atoms with Gasteiger partial charge >= 0.3 is 5.97 Å². The highest BCUT2D eigenvalue weighted by Gasteiger charge is 2.12. The number of esters is 1. The zero-order valence-electron chi connectivity index (χ0n) is 5.52. The van der Waals surface area contributed by atoms with Crippen molar-refractivity contribution in [1.29, 1.82) is 0 Å². The fraction of sp³-hybridized carbons (Fsp3) is 0.571. The Bertz CT molecular complexity index is 147. The summed E-state index contributed by atoms with van der Waals surface area (Å²) in [5.74, 6) is 0.737. The summed E-state index contributed by atoms with van der Waals surface area (Å²) in [6, 6.07) is 0. The molecule has 0 radical (unpaired) electrons. The van der Waals surface area contributed by atoms with Crippen molar-refractivity contribution in [3.8, 4) is 0 Å². The quantitative estimate of drug-likeness (QED) is 0.461. The first-order chi connectivity index (χ1) is 4.33. The van der Waals surface area contributed by atoms with Crippen LogP contribution in [0.5, 0.6) is 0 Å². The number of hydrogen-bond donors (Lipinski definition) is 0. The number of carbonyl (C=O) groups is 1. The van der Waals surface area contributed by atoms with Gasteiger partial charge in [0, 0.05) is 12.8 Å². The molecule has 0 spiro atoms. The molecule has 0 bridgehead atoms. The fourth-order valence-electron chi connectivity index (χ4n) is 0.858. The van der Waals surface area contributed by atoms with Gasteiger partial charge < -0.3 is 4.74 Å². The van der Waals surface area contributed by atoms with Gasteiger partial charge in [0.2, 0.25) is 0 Å². The third-order valence-electron chi connectivity index (χ3n) is 1.37. The Morgan fingerprint density at radius 2 is 2.33 bits per heavy atom. The van der Waals surface area contributed by atoms with Crippen LogP contribution in [0.15, 0.2) is 11.8 Å². The van der Waals surface area contributed by atoms with Crippen LogP contribution in [0.4, 0.5) is 0 Å². The van der Waals surface area contributed by atoms with Crippen molar-refractivity contribution in [2.45, 2.75) is 26.2 Å². The molecule has 1 fully saturated rings. The van der Waals surface area contributed by atoms with E-state index in [1.54, 1.807) is 0 Å². The maximum atomic E-state index is 10.6. The van der Waals surface area contributed by atoms with Crippen molar-refractivity contribution in [2.75, 3.05) is 0 Å². The highest BCUT2D eigenvalue weighted by molar-refractivity contribution is 5.71. The van der Waals surface area contributed by atoms with E-state index in [1.807, 2.05) is 13.0 Å². The molecule has 1 aliphatic rings. The van der Waals surface area contributed by atoms with Crippen molar-refractivity contribution in [3.63, 3.8) is 0 Å². The van der Waals surface area contributed by atoms with E-state index in [4.69, 9.17) is 4.74 Å². The Morgan fingerprint density at radius 1 is 1.56 bits per heavy atom. The molecule has 9 heavy (non-hydrogen) atoms. The molecule has 1 heterocycles. The summed E-state index contributed by atoms with van der Waals surface area (Å²) in [6.45, 7) is 1.88. The third-order valence-corrected chi connectivity index (χ3v) is 1.37. The first-order valence-corrected chi connectivity index (χ1v) is 3.19. The molecular weight excluding hydrogens is 116 g/mol. The smallest absolute Gasteiger partial charge is 0.310 e. The summed E-state index contributed by atoms with van der Waals surface area (Å²) in [5.41, 5.74) is 0. The number of cyclic esters (lactones) is 1. The Labute approximate surface area is 54.5 Å². The van der Waals surface area contributed by atoms with Crippen LogP contribution >= 0.6 is 0 Å². The third kappa shape index (κ3) is 1.56. The summed E-state index contributed by atoms with van der Waals surface area (Å²) >= 11 is 0. The topological polar surface area (TPSA) is 26.3 Å². The molecule has 2 nitrogen and oxygen atoms in total. The SMILES string of the molecule is C/C=C1\CCCC(=O)O1. The van der Waals surface area contributed by atoms with Crippen molar-refractivity contribution >= 4 is 5.97 Å². The van der Waals surface area contributed by atoms with Crippen LogP contribution in [0, 0.1) is 0 Å². The van der Waals surface area contributed by atoms with Gasteiger partial charge in [-0.05, 0) is 19.4 Å². The van der Waals surface area contributed by atoms with Crippen LogP contribution in [0.3, 0.4) is 0 Å². The molecule has 0 amide bonds. The zero-order valence-corrected chi connectivity index (χ0v) is 5.52. The van der Waals surface area contributed by atoms with Gasteiger partial charge in [-0.25, -0.2) is 0 Å². The second-order valence-corrected chi connectivity index (χ2v) is 2.08. The van der Waals surface area contributed by atoms with Crippen LogP contribution in [0.2, 0.25) is 0 Å². The van der Waals surface area contributed by atoms with Gasteiger partial charge in [0.05, 0.1) is 0 Å². The van der Waals surface area contributed by atoms with Gasteiger partial charge in [-0.15, -0.1) is 0 Å². The second-order valence-electron chi connectivity index (χ2n) is 2.08. The number of rotatable bonds is 0. The van der Waals surface area contributed by atoms with Gasteiger partial charge in [-0.1, -0.05) is 0 Å². The maximum Gasteiger partial charge on any atom is 0.310 e. The molecule has 0 aromatic carbocycles. The van der Waals surface area contributed by atoms with Crippen LogP contribution in [0.25, 0.3) is 0 Å². The molecule has 1 saturated heterocycles. The number of allylic oxidation sites excluding steroid dienone is 2. The molecule has 0 N–H and O–H groups in total. The van der Waals surface area contributed by atoms with E-state index in [1.165, 1.54) is 0 Å². The van der Waals surface area contributed by atoms with E-state index in [9.17, 15) is 4.79 Å². The van der Waals surface area contributed by atoms with Gasteiger partial charge in [-0.3, -0.25) is 4.79 Å². The fourth-order valence-corrected chi connectivity index (χ4v) is 0.858. The lowest BCUT2D eigenvalue weighted by Gasteiger charge is -2.12. The van der Waals surface area contributed by atoms with Gasteiger partial charge in [0.1, 0.15) is 5.76 Å². The molecule has 0 aromatic heterocycles. The van der Waals surface area contributed by atoms with Crippen LogP contribution < -0.4 is 0 Å². The van der Waals surface area contributed by atoms with Gasteiger partial charge in [-0.2, -0.15) is 0 Å². The molecule has 0 aromatic rings. The normalized spacial score (nSPS) is 24.1. The van der Waals surface area contributed by atoms with Crippen molar-refractivity contribution in [2.24, 2.45) is 0 Å². The standard InChI is InChI=1S/C7H10O2/c1-2-6-4-3-5-7(8)9-6/h2H,3-5H2,1H3/b6-2+. The highest BCUT2D eigenvalue weighted by Crippen LogP contribution is 2.16. The average Bonchev–Trinajstić information content (AvgIpc) is 1.88. The molecular formula is C7H10O2. The summed E-state index contributed by atoms with van der Waals surface area (Å²) in [7, 11) is 0. The average molecular weight is 126 g/mol. The van der Waals surface area contributed by atoms with Crippen LogP contribution in [-0.2, 0) is 9.53 Å². The molecule has 0 saturated carbocycles. The van der Waals surface area contributed by atoms with Gasteiger partial charge in [0.25, 0.3) is 0 Å². The van der Waals surface area contributed by atoms with Crippen molar-refractivity contribution in [3.05, 3.63) is 11.8 Å². The molecule has 1 aliphatic heterocycles. The maximum absolute atomic E-state index is 10.6. The number of carbonyl (C=O) groups excluding carboxylic acids is 1. The van der Waals surface area contributed by atoms with E-state index in [0.29, 0.717) is 6.42 Å². The van der Waals surface area contributed by atoms with Crippen LogP contribution in [0.1, 0.15) is 26.2 Å². The van der Waals surface area contributed by atoms with Gasteiger partial charge in [0.15, 0.2) is 0 Å². The summed E-state index contributed by atoms with van der Waals surface area (Å²) in [6.07, 6.45) is 4.29. The minimum atomic E-state index is -0.0886. The van der Waals surface area contributed by atoms with E-state index in [-0.39, 0.29) is 5.97 Å². The molecule has 0 aliphatic carbocycles. The first kappa shape index (κ1) is 6.33. The van der Waals surface area contributed by atoms with E-state index < -0.39 is 0 Å². The second kappa shape index (κ2) is 2.67. The lowest BCUT2D eigenvalue weighted by molar-refractivity contribution is -0.141. The largest absolute Gasteiger partial charge is 0.431 e. The lowest BCUT2D eigenvalue weighted by atomic mass is 10.1. The van der Waals surface area contributed by atoms with E-state index >= 15 is 0 Å². The summed E-state index contributed by atoms with van der Waals surface area (Å²) in [4.78, 5) is 10.6. The lowest BCUT2D eigenvalue weighted by Crippen LogP contribution is -2.09. The Kier molecular flexibility index (Phi) is 1.88. The predicted molar refractivity (Wildman–Crippen MR) is 33.7 cm³/mol. The molecule has 2 heteroatoms. The first-order valence-electron chi connectivity index (χ1n) is 3.19. The van der Waals surface area contributed by atoms with Crippen molar-refractivity contribution in [1.82, 2.24) is 0 Å². The van der Waals surface area contributed by atoms with Crippen LogP contribution in [-0.4, -0.2) is 5.97 Å². The van der Waals surface area contributed by atoms with E-state index in [0.717, 1.165) is 18.6 Å². The predicted octanol–water partition coefficient (Wildman–Crippen LogP) is 1.62. The summed E-state index contributed by atoms with van der Waals surface area (Å²) in [5, 5.41) is 0. The minimum absolute atomic E-state index is 0.0886. The monoisotopic (exact) mass is 126 g/mol. The van der Waals surface area contributed by atoms with Crippen molar-refractivity contribution < 1.29 is 9.53 Å². The van der Waals surface area contributed by atoms with E-state index in [2.05, 4.69) is 0 Å². The molecule has 0 atom stereocenters.